The summed E-state index contributed by atoms with van der Waals surface area (Å²) in [5.74, 6) is -0.193. The van der Waals surface area contributed by atoms with Crippen LogP contribution in [0.2, 0.25) is 0 Å². The third-order valence-corrected chi connectivity index (χ3v) is 17.1. The van der Waals surface area contributed by atoms with Gasteiger partial charge in [0.05, 0.1) is 39.9 Å². The quantitative estimate of drug-likeness (QED) is 0.0243. The van der Waals surface area contributed by atoms with E-state index in [1.807, 2.05) is 27.2 Å². The second-order valence-electron chi connectivity index (χ2n) is 25.9. The first-order chi connectivity index (χ1) is 43.5. The van der Waals surface area contributed by atoms with E-state index in [0.29, 0.717) is 17.4 Å². The number of carbonyl (C=O) groups excluding carboxylic acids is 1. The molecule has 3 unspecified atom stereocenters. The fourth-order valence-corrected chi connectivity index (χ4v) is 11.1. The Labute approximate surface area is 551 Å². The Balaban J connectivity index is 4.12. The first kappa shape index (κ1) is 85.6. The predicted octanol–water partition coefficient (Wildman–Crippen LogP) is 24.2. The van der Waals surface area contributed by atoms with Crippen LogP contribution in [0.25, 0.3) is 0 Å². The van der Waals surface area contributed by atoms with Crippen LogP contribution in [0.1, 0.15) is 316 Å². The topological polar surface area (TPSA) is 105 Å². The third kappa shape index (κ3) is 71.9. The molecule has 0 spiro atoms. The molecule has 9 heteroatoms. The summed E-state index contributed by atoms with van der Waals surface area (Å²) < 4.78 is 23.8. The third-order valence-electron chi connectivity index (χ3n) is 16.1. The second kappa shape index (κ2) is 69.0. The molecular weight excluding hydrogens is 1120 g/mol. The first-order valence-corrected chi connectivity index (χ1v) is 38.6. The van der Waals surface area contributed by atoms with Gasteiger partial charge in [0, 0.05) is 6.42 Å². The van der Waals surface area contributed by atoms with Gasteiger partial charge >= 0.3 is 7.82 Å². The van der Waals surface area contributed by atoms with Crippen LogP contribution in [0.4, 0.5) is 0 Å². The van der Waals surface area contributed by atoms with Crippen molar-refractivity contribution in [2.24, 2.45) is 0 Å². The average Bonchev–Trinajstić information content (AvgIpc) is 3.55. The van der Waals surface area contributed by atoms with Gasteiger partial charge in [0.2, 0.25) is 5.91 Å². The van der Waals surface area contributed by atoms with Crippen molar-refractivity contribution in [2.75, 3.05) is 40.9 Å². The number of hydrogen-bond donors (Lipinski definition) is 3. The van der Waals surface area contributed by atoms with Gasteiger partial charge in [-0.05, 0) is 109 Å². The Morgan fingerprint density at radius 3 is 1.03 bits per heavy atom. The Kier molecular flexibility index (Phi) is 66.4. The molecule has 0 heterocycles. The molecular formula is C80H142N2O6P+. The number of carbonyl (C=O) groups is 1. The summed E-state index contributed by atoms with van der Waals surface area (Å²) >= 11 is 0. The number of aliphatic hydroxyl groups is 1. The number of aliphatic hydroxyl groups excluding tert-OH is 1. The Morgan fingerprint density at radius 1 is 0.393 bits per heavy atom. The van der Waals surface area contributed by atoms with E-state index in [9.17, 15) is 19.4 Å². The Hall–Kier alpha value is -3.36. The molecule has 0 aromatic heterocycles. The first-order valence-electron chi connectivity index (χ1n) is 37.1. The summed E-state index contributed by atoms with van der Waals surface area (Å²) in [5, 5.41) is 14.0. The lowest BCUT2D eigenvalue weighted by atomic mass is 10.0. The van der Waals surface area contributed by atoms with Crippen LogP contribution in [0, 0.1) is 0 Å². The molecule has 0 aliphatic carbocycles. The highest BCUT2D eigenvalue weighted by Gasteiger charge is 2.28. The number of allylic oxidation sites excluding steroid dienone is 21. The van der Waals surface area contributed by atoms with Crippen molar-refractivity contribution < 1.29 is 32.9 Å². The SMILES string of the molecule is CC/C=C\C/C=C\C/C=C\C/C=C\C/C=C\C/C=C\C/C=C\C/C=C\CCCCCCCCCCCCCCCCC(=O)NC(COP(=O)(O)OCC[N+](C)(C)C)C(O)/C=C/CC/C=C/CC/C=C/CCCCCCCCCCCCCCCCCCCC. The smallest absolute Gasteiger partial charge is 0.387 e. The molecule has 0 aliphatic heterocycles. The van der Waals surface area contributed by atoms with Crippen LogP contribution in [0.15, 0.2) is 134 Å². The molecule has 3 N–H and O–H groups in total. The highest BCUT2D eigenvalue weighted by molar-refractivity contribution is 7.47. The molecule has 1 amide bonds. The molecule has 0 rings (SSSR count). The Bertz CT molecular complexity index is 1920. The van der Waals surface area contributed by atoms with Crippen molar-refractivity contribution in [3.05, 3.63) is 134 Å². The monoisotopic (exact) mass is 1260 g/mol. The van der Waals surface area contributed by atoms with Crippen molar-refractivity contribution in [2.45, 2.75) is 328 Å². The molecule has 0 fully saturated rings. The number of phosphoric ester groups is 1. The lowest BCUT2D eigenvalue weighted by Crippen LogP contribution is -2.45. The van der Waals surface area contributed by atoms with E-state index in [4.69, 9.17) is 9.05 Å². The summed E-state index contributed by atoms with van der Waals surface area (Å²) in [6.45, 7) is 4.69. The molecule has 0 saturated carbocycles. The molecule has 0 aromatic carbocycles. The lowest BCUT2D eigenvalue weighted by molar-refractivity contribution is -0.870. The van der Waals surface area contributed by atoms with Crippen LogP contribution in [0.5, 0.6) is 0 Å². The van der Waals surface area contributed by atoms with Crippen LogP contribution in [-0.4, -0.2) is 73.4 Å². The van der Waals surface area contributed by atoms with Gasteiger partial charge < -0.3 is 19.8 Å². The van der Waals surface area contributed by atoms with Gasteiger partial charge in [-0.25, -0.2) is 4.57 Å². The largest absolute Gasteiger partial charge is 0.472 e. The molecule has 0 aliphatic rings. The number of likely N-dealkylation sites (N-methyl/N-ethyl adjacent to an activating group) is 1. The van der Waals surface area contributed by atoms with Gasteiger partial charge in [-0.3, -0.25) is 13.8 Å². The number of nitrogens with zero attached hydrogens (tertiary/aromatic N) is 1. The standard InChI is InChI=1S/C80H141N2O6P/c1-6-8-10-12-14-16-18-20-22-24-26-28-30-32-34-36-37-38-39-40-41-42-43-44-45-46-48-50-52-54-56-58-60-62-64-66-68-70-72-74-80(84)81-78(77-88-89(85,86)87-76-75-82(3,4)5)79(83)73-71-69-67-65-63-61-59-57-55-53-51-49-47-35-33-31-29-27-25-23-21-19-17-15-13-11-9-7-2/h8,10,14,16,20,22,26,28,32,34,37-38,40-41,43-44,55,57,63,65,71,73,78-79,83H,6-7,9,11-13,15,17-19,21,23-25,27,29-31,33,35-36,39,42,45-54,56,58-62,64,66-70,72,74-77H2,1-5H3,(H-,81,84,85,86)/p+1/b10-8-,16-14-,22-20-,28-26-,34-32-,38-37-,41-40-,44-43-,57-55+,65-63+,73-71+. The fraction of sp³-hybridized carbons (Fsp3) is 0.713. The van der Waals surface area contributed by atoms with Crippen LogP contribution in [0.3, 0.4) is 0 Å². The van der Waals surface area contributed by atoms with E-state index < -0.39 is 20.0 Å². The van der Waals surface area contributed by atoms with E-state index in [1.54, 1.807) is 6.08 Å². The zero-order chi connectivity index (χ0) is 64.8. The number of nitrogens with one attached hydrogen (secondary N) is 1. The summed E-state index contributed by atoms with van der Waals surface area (Å²) in [4.78, 5) is 23.4. The zero-order valence-electron chi connectivity index (χ0n) is 58.6. The maximum absolute atomic E-state index is 13.1. The molecule has 0 aromatic rings. The van der Waals surface area contributed by atoms with E-state index in [0.717, 1.165) is 96.3 Å². The number of amides is 1. The van der Waals surface area contributed by atoms with E-state index in [-0.39, 0.29) is 19.1 Å². The van der Waals surface area contributed by atoms with Crippen molar-refractivity contribution in [1.29, 1.82) is 0 Å². The summed E-state index contributed by atoms with van der Waals surface area (Å²) in [5.41, 5.74) is 0. The Morgan fingerprint density at radius 2 is 0.685 bits per heavy atom. The van der Waals surface area contributed by atoms with E-state index in [2.05, 4.69) is 141 Å². The number of unbranched alkanes of at least 4 members (excludes halogenated alkanes) is 34. The van der Waals surface area contributed by atoms with Crippen LogP contribution in [-0.2, 0) is 18.4 Å². The van der Waals surface area contributed by atoms with Gasteiger partial charge in [0.1, 0.15) is 13.2 Å². The molecule has 512 valence electrons. The van der Waals surface area contributed by atoms with Crippen molar-refractivity contribution in [1.82, 2.24) is 5.32 Å². The van der Waals surface area contributed by atoms with Gasteiger partial charge in [0.15, 0.2) is 0 Å². The number of hydrogen-bond acceptors (Lipinski definition) is 5. The highest BCUT2D eigenvalue weighted by atomic mass is 31.2. The zero-order valence-corrected chi connectivity index (χ0v) is 59.5. The van der Waals surface area contributed by atoms with Gasteiger partial charge in [-0.1, -0.05) is 334 Å². The minimum absolute atomic E-state index is 0.0486. The molecule has 0 radical (unpaired) electrons. The van der Waals surface area contributed by atoms with Crippen molar-refractivity contribution in [3.8, 4) is 0 Å². The maximum atomic E-state index is 13.1. The highest BCUT2D eigenvalue weighted by Crippen LogP contribution is 2.43. The number of phosphoric acid groups is 1. The normalized spacial score (nSPS) is 14.4. The fourth-order valence-electron chi connectivity index (χ4n) is 10.4. The van der Waals surface area contributed by atoms with Crippen molar-refractivity contribution >= 4 is 13.7 Å². The molecule has 3 atom stereocenters. The minimum atomic E-state index is -4.38. The van der Waals surface area contributed by atoms with Crippen molar-refractivity contribution in [3.63, 3.8) is 0 Å². The van der Waals surface area contributed by atoms with E-state index >= 15 is 0 Å². The molecule has 0 saturated heterocycles. The van der Waals surface area contributed by atoms with Crippen LogP contribution >= 0.6 is 7.82 Å². The second-order valence-corrected chi connectivity index (χ2v) is 27.4. The van der Waals surface area contributed by atoms with Crippen LogP contribution < -0.4 is 5.32 Å². The summed E-state index contributed by atoms with van der Waals surface area (Å²) in [6, 6.07) is -0.880. The number of rotatable bonds is 67. The predicted molar refractivity (Wildman–Crippen MR) is 391 cm³/mol. The van der Waals surface area contributed by atoms with Gasteiger partial charge in [0.25, 0.3) is 0 Å². The van der Waals surface area contributed by atoms with Gasteiger partial charge in [-0.15, -0.1) is 0 Å². The minimum Gasteiger partial charge on any atom is -0.387 e. The van der Waals surface area contributed by atoms with Gasteiger partial charge in [-0.2, -0.15) is 0 Å². The molecule has 8 nitrogen and oxygen atoms in total. The molecule has 0 bridgehead atoms. The molecule has 89 heavy (non-hydrogen) atoms. The summed E-state index contributed by atoms with van der Waals surface area (Å²) in [7, 11) is 1.54. The number of quaternary nitrogens is 1. The maximum Gasteiger partial charge on any atom is 0.472 e. The van der Waals surface area contributed by atoms with E-state index in [1.165, 1.54) is 199 Å². The summed E-state index contributed by atoms with van der Waals surface area (Å²) in [6.07, 6.45) is 105. The lowest BCUT2D eigenvalue weighted by Gasteiger charge is -2.25. The average molecular weight is 1260 g/mol.